The molecule has 0 aliphatic rings. The number of nitrogens with one attached hydrogen (secondary N) is 1. The molecule has 0 amide bonds. The maximum Gasteiger partial charge on any atom is 0.0615 e. The molecule has 1 unspecified atom stereocenters. The van der Waals surface area contributed by atoms with Crippen molar-refractivity contribution in [1.82, 2.24) is 10.2 Å². The van der Waals surface area contributed by atoms with E-state index in [1.807, 2.05) is 0 Å². The van der Waals surface area contributed by atoms with E-state index in [2.05, 4.69) is 44.8 Å². The SMILES string of the molecule is CCC(COC)NCCN(C(C)C)C(C)C. The summed E-state index contributed by atoms with van der Waals surface area (Å²) in [5, 5.41) is 3.54. The average molecular weight is 230 g/mol. The summed E-state index contributed by atoms with van der Waals surface area (Å²) in [7, 11) is 1.76. The van der Waals surface area contributed by atoms with Crippen LogP contribution in [0.2, 0.25) is 0 Å². The first-order chi connectivity index (χ1) is 7.52. The Hall–Kier alpha value is -0.120. The predicted octanol–water partition coefficient (Wildman–Crippen LogP) is 2.12. The first-order valence-corrected chi connectivity index (χ1v) is 6.50. The molecule has 0 bridgehead atoms. The second kappa shape index (κ2) is 8.97. The molecule has 0 spiro atoms. The molecule has 1 atom stereocenters. The summed E-state index contributed by atoms with van der Waals surface area (Å²) in [5.74, 6) is 0. The van der Waals surface area contributed by atoms with Crippen LogP contribution in [0.1, 0.15) is 41.0 Å². The summed E-state index contributed by atoms with van der Waals surface area (Å²) < 4.78 is 5.17. The lowest BCUT2D eigenvalue weighted by Gasteiger charge is -2.31. The largest absolute Gasteiger partial charge is 0.383 e. The van der Waals surface area contributed by atoms with Crippen molar-refractivity contribution in [2.75, 3.05) is 26.8 Å². The first kappa shape index (κ1) is 15.9. The zero-order valence-electron chi connectivity index (χ0n) is 11.9. The maximum absolute atomic E-state index is 5.17. The van der Waals surface area contributed by atoms with Crippen LogP contribution in [0.15, 0.2) is 0 Å². The van der Waals surface area contributed by atoms with Crippen LogP contribution in [0, 0.1) is 0 Å². The summed E-state index contributed by atoms with van der Waals surface area (Å²) in [6, 6.07) is 1.72. The first-order valence-electron chi connectivity index (χ1n) is 6.50. The third kappa shape index (κ3) is 6.46. The maximum atomic E-state index is 5.17. The normalized spacial score (nSPS) is 14.1. The fraction of sp³-hybridized carbons (Fsp3) is 1.00. The van der Waals surface area contributed by atoms with Gasteiger partial charge in [-0.15, -0.1) is 0 Å². The van der Waals surface area contributed by atoms with Gasteiger partial charge in [0.25, 0.3) is 0 Å². The van der Waals surface area contributed by atoms with Gasteiger partial charge in [0.15, 0.2) is 0 Å². The Balaban J connectivity index is 3.84. The average Bonchev–Trinajstić information content (AvgIpc) is 2.21. The molecule has 3 nitrogen and oxygen atoms in total. The zero-order chi connectivity index (χ0) is 12.6. The van der Waals surface area contributed by atoms with Gasteiger partial charge in [0, 0.05) is 38.3 Å². The molecule has 98 valence electrons. The Morgan fingerprint density at radius 1 is 1.12 bits per heavy atom. The molecule has 3 heteroatoms. The molecular formula is C13H30N2O. The topological polar surface area (TPSA) is 24.5 Å². The highest BCUT2D eigenvalue weighted by atomic mass is 16.5. The van der Waals surface area contributed by atoms with Crippen molar-refractivity contribution >= 4 is 0 Å². The standard InChI is InChI=1S/C13H30N2O/c1-7-13(10-16-6)14-8-9-15(11(2)3)12(4)5/h11-14H,7-10H2,1-6H3. The van der Waals surface area contributed by atoms with Crippen LogP contribution >= 0.6 is 0 Å². The molecule has 0 fully saturated rings. The fourth-order valence-electron chi connectivity index (χ4n) is 2.03. The molecule has 0 heterocycles. The molecule has 0 radical (unpaired) electrons. The van der Waals surface area contributed by atoms with Crippen molar-refractivity contribution < 1.29 is 4.74 Å². The van der Waals surface area contributed by atoms with Crippen molar-refractivity contribution in [3.63, 3.8) is 0 Å². The van der Waals surface area contributed by atoms with Crippen molar-refractivity contribution in [2.24, 2.45) is 0 Å². The van der Waals surface area contributed by atoms with Gasteiger partial charge in [-0.25, -0.2) is 0 Å². The van der Waals surface area contributed by atoms with Gasteiger partial charge in [0.1, 0.15) is 0 Å². The monoisotopic (exact) mass is 230 g/mol. The molecule has 0 rings (SSSR count). The van der Waals surface area contributed by atoms with Gasteiger partial charge in [-0.1, -0.05) is 6.92 Å². The number of methoxy groups -OCH3 is 1. The van der Waals surface area contributed by atoms with E-state index in [4.69, 9.17) is 4.74 Å². The summed E-state index contributed by atoms with van der Waals surface area (Å²) in [5.41, 5.74) is 0. The Kier molecular flexibility index (Phi) is 8.90. The van der Waals surface area contributed by atoms with E-state index < -0.39 is 0 Å². The van der Waals surface area contributed by atoms with Crippen molar-refractivity contribution in [1.29, 1.82) is 0 Å². The van der Waals surface area contributed by atoms with Crippen molar-refractivity contribution in [3.8, 4) is 0 Å². The predicted molar refractivity (Wildman–Crippen MR) is 70.9 cm³/mol. The van der Waals surface area contributed by atoms with E-state index in [9.17, 15) is 0 Å². The number of rotatable bonds is 9. The minimum absolute atomic E-state index is 0.492. The van der Waals surface area contributed by atoms with Gasteiger partial charge < -0.3 is 10.1 Å². The van der Waals surface area contributed by atoms with E-state index >= 15 is 0 Å². The third-order valence-electron chi connectivity index (χ3n) is 2.99. The van der Waals surface area contributed by atoms with E-state index in [1.165, 1.54) is 0 Å². The van der Waals surface area contributed by atoms with Crippen LogP contribution in [0.5, 0.6) is 0 Å². The molecule has 0 aromatic rings. The minimum Gasteiger partial charge on any atom is -0.383 e. The van der Waals surface area contributed by atoms with Crippen molar-refractivity contribution in [3.05, 3.63) is 0 Å². The van der Waals surface area contributed by atoms with Crippen LogP contribution < -0.4 is 5.32 Å². The Labute approximate surface area is 102 Å². The third-order valence-corrected chi connectivity index (χ3v) is 2.99. The number of hydrogen-bond acceptors (Lipinski definition) is 3. The second-order valence-corrected chi connectivity index (χ2v) is 4.94. The van der Waals surface area contributed by atoms with Crippen LogP contribution in [-0.2, 0) is 4.74 Å². The number of hydrogen-bond donors (Lipinski definition) is 1. The zero-order valence-corrected chi connectivity index (χ0v) is 11.9. The van der Waals surface area contributed by atoms with Gasteiger partial charge in [0.05, 0.1) is 6.61 Å². The second-order valence-electron chi connectivity index (χ2n) is 4.94. The summed E-state index contributed by atoms with van der Waals surface area (Å²) in [4.78, 5) is 2.51. The minimum atomic E-state index is 0.492. The summed E-state index contributed by atoms with van der Waals surface area (Å²) in [6.45, 7) is 14.2. The van der Waals surface area contributed by atoms with Crippen LogP contribution in [0.25, 0.3) is 0 Å². The van der Waals surface area contributed by atoms with Gasteiger partial charge in [-0.05, 0) is 34.1 Å². The van der Waals surface area contributed by atoms with Gasteiger partial charge in [-0.3, -0.25) is 4.90 Å². The van der Waals surface area contributed by atoms with Crippen molar-refractivity contribution in [2.45, 2.75) is 59.2 Å². The molecule has 0 aliphatic heterocycles. The lowest BCUT2D eigenvalue weighted by atomic mass is 10.2. The van der Waals surface area contributed by atoms with Crippen LogP contribution in [0.4, 0.5) is 0 Å². The molecule has 16 heavy (non-hydrogen) atoms. The van der Waals surface area contributed by atoms with E-state index in [0.717, 1.165) is 26.1 Å². The molecule has 0 aliphatic carbocycles. The molecule has 0 aromatic heterocycles. The number of ether oxygens (including phenoxy) is 1. The van der Waals surface area contributed by atoms with E-state index in [1.54, 1.807) is 7.11 Å². The van der Waals surface area contributed by atoms with Gasteiger partial charge in [0.2, 0.25) is 0 Å². The Morgan fingerprint density at radius 3 is 2.06 bits per heavy atom. The highest BCUT2D eigenvalue weighted by molar-refractivity contribution is 4.70. The Morgan fingerprint density at radius 2 is 1.69 bits per heavy atom. The Bertz CT molecular complexity index is 152. The van der Waals surface area contributed by atoms with Crippen LogP contribution in [0.3, 0.4) is 0 Å². The van der Waals surface area contributed by atoms with E-state index in [-0.39, 0.29) is 0 Å². The van der Waals surface area contributed by atoms with Crippen LogP contribution in [-0.4, -0.2) is 49.8 Å². The van der Waals surface area contributed by atoms with E-state index in [0.29, 0.717) is 18.1 Å². The highest BCUT2D eigenvalue weighted by Gasteiger charge is 2.13. The van der Waals surface area contributed by atoms with Gasteiger partial charge >= 0.3 is 0 Å². The smallest absolute Gasteiger partial charge is 0.0615 e. The summed E-state index contributed by atoms with van der Waals surface area (Å²) in [6.07, 6.45) is 1.12. The molecule has 0 saturated carbocycles. The lowest BCUT2D eigenvalue weighted by Crippen LogP contribution is -2.44. The highest BCUT2D eigenvalue weighted by Crippen LogP contribution is 2.03. The molecule has 0 aromatic carbocycles. The molecule has 0 saturated heterocycles. The lowest BCUT2D eigenvalue weighted by molar-refractivity contribution is 0.149. The molecular weight excluding hydrogens is 200 g/mol. The quantitative estimate of drug-likeness (QED) is 0.656. The van der Waals surface area contributed by atoms with Gasteiger partial charge in [-0.2, -0.15) is 0 Å². The molecule has 1 N–H and O–H groups in total. The summed E-state index contributed by atoms with van der Waals surface area (Å²) >= 11 is 0. The number of nitrogens with zero attached hydrogens (tertiary/aromatic N) is 1. The fourth-order valence-corrected chi connectivity index (χ4v) is 2.03.